The summed E-state index contributed by atoms with van der Waals surface area (Å²) < 4.78 is 35.9. The smallest absolute Gasteiger partial charge is 0.255 e. The summed E-state index contributed by atoms with van der Waals surface area (Å²) in [5.41, 5.74) is 8.22. The number of amides is 3. The van der Waals surface area contributed by atoms with Crippen molar-refractivity contribution in [1.82, 2.24) is 15.1 Å². The highest BCUT2D eigenvalue weighted by Gasteiger charge is 2.49. The van der Waals surface area contributed by atoms with Gasteiger partial charge in [-0.3, -0.25) is 19.7 Å². The van der Waals surface area contributed by atoms with E-state index in [4.69, 9.17) is 14.2 Å². The molecule has 7 aliphatic rings. The second-order valence-electron chi connectivity index (χ2n) is 20.0. The van der Waals surface area contributed by atoms with E-state index in [9.17, 15) is 19.5 Å². The van der Waals surface area contributed by atoms with Crippen LogP contribution in [0.2, 0.25) is 0 Å². The minimum Gasteiger partial charge on any atom is -0.508 e. The Morgan fingerprint density at radius 2 is 1.69 bits per heavy atom. The predicted molar refractivity (Wildman–Crippen MR) is 243 cm³/mol. The lowest BCUT2D eigenvalue weighted by atomic mass is 9.69. The number of halogens is 1. The Bertz CT molecular complexity index is 2540. The van der Waals surface area contributed by atoms with Crippen LogP contribution in [-0.2, 0) is 32.7 Å². The zero-order chi connectivity index (χ0) is 44.6. The molecule has 2 N–H and O–H groups in total. The van der Waals surface area contributed by atoms with Gasteiger partial charge in [0.1, 0.15) is 29.1 Å². The van der Waals surface area contributed by atoms with Gasteiger partial charge < -0.3 is 34.0 Å². The summed E-state index contributed by atoms with van der Waals surface area (Å²) in [5.74, 6) is 1.16. The fourth-order valence-corrected chi connectivity index (χ4v) is 12.8. The zero-order valence-electron chi connectivity index (χ0n) is 37.5. The molecule has 4 aromatic carbocycles. The molecule has 11 nitrogen and oxygen atoms in total. The first-order valence-electron chi connectivity index (χ1n) is 23.8. The average Bonchev–Trinajstić information content (AvgIpc) is 3.85. The summed E-state index contributed by atoms with van der Waals surface area (Å²) in [7, 11) is 1.68. The van der Waals surface area contributed by atoms with Crippen molar-refractivity contribution in [3.8, 4) is 17.2 Å². The van der Waals surface area contributed by atoms with E-state index < -0.39 is 11.9 Å². The summed E-state index contributed by atoms with van der Waals surface area (Å²) in [5, 5.41) is 12.7. The number of ether oxygens (including phenoxy) is 3. The van der Waals surface area contributed by atoms with Gasteiger partial charge in [-0.15, -0.1) is 0 Å². The van der Waals surface area contributed by atoms with E-state index >= 15 is 4.39 Å². The maximum atomic E-state index is 16.5. The van der Waals surface area contributed by atoms with Crippen LogP contribution >= 0.6 is 0 Å². The molecule has 4 saturated heterocycles. The summed E-state index contributed by atoms with van der Waals surface area (Å²) >= 11 is 0. The fourth-order valence-electron chi connectivity index (χ4n) is 12.8. The van der Waals surface area contributed by atoms with Crippen molar-refractivity contribution in [1.29, 1.82) is 0 Å². The summed E-state index contributed by atoms with van der Waals surface area (Å²) in [6, 6.07) is 21.2. The highest BCUT2D eigenvalue weighted by molar-refractivity contribution is 6.06. The van der Waals surface area contributed by atoms with E-state index in [2.05, 4.69) is 45.4 Å². The summed E-state index contributed by atoms with van der Waals surface area (Å²) in [6.45, 7) is 8.01. The molecule has 1 aliphatic carbocycles. The number of imide groups is 1. The van der Waals surface area contributed by atoms with Crippen molar-refractivity contribution in [3.63, 3.8) is 0 Å². The van der Waals surface area contributed by atoms with E-state index in [1.807, 2.05) is 31.2 Å². The van der Waals surface area contributed by atoms with Crippen LogP contribution in [0, 0.1) is 18.7 Å². The lowest BCUT2D eigenvalue weighted by Gasteiger charge is -2.47. The highest BCUT2D eigenvalue weighted by atomic mass is 19.1. The third kappa shape index (κ3) is 7.35. The van der Waals surface area contributed by atoms with Gasteiger partial charge >= 0.3 is 0 Å². The number of nitrogens with zero attached hydrogens (tertiary/aromatic N) is 3. The van der Waals surface area contributed by atoms with E-state index in [0.29, 0.717) is 55.6 Å². The van der Waals surface area contributed by atoms with Gasteiger partial charge in [0.05, 0.1) is 43.7 Å². The number of phenolic OH excluding ortho intramolecular Hbond substituents is 1. The molecule has 65 heavy (non-hydrogen) atoms. The molecular formula is C53H59FN4O7. The van der Waals surface area contributed by atoms with Gasteiger partial charge in [0.15, 0.2) is 0 Å². The number of nitrogens with one attached hydrogen (secondary N) is 1. The second-order valence-corrected chi connectivity index (χ2v) is 20.0. The van der Waals surface area contributed by atoms with Gasteiger partial charge in [0, 0.05) is 60.1 Å². The minimum atomic E-state index is -0.649. The van der Waals surface area contributed by atoms with E-state index in [1.54, 1.807) is 24.1 Å². The molecule has 0 saturated carbocycles. The molecule has 4 atom stereocenters. The normalized spacial score (nSPS) is 25.9. The lowest BCUT2D eigenvalue weighted by Crippen LogP contribution is -2.52. The Morgan fingerprint density at radius 1 is 0.892 bits per heavy atom. The molecule has 12 heteroatoms. The highest BCUT2D eigenvalue weighted by Crippen LogP contribution is 2.53. The molecule has 6 heterocycles. The predicted octanol–water partition coefficient (Wildman–Crippen LogP) is 7.66. The molecule has 3 amide bonds. The van der Waals surface area contributed by atoms with Crippen LogP contribution in [0.25, 0.3) is 0 Å². The van der Waals surface area contributed by atoms with Crippen LogP contribution in [-0.4, -0.2) is 97.3 Å². The van der Waals surface area contributed by atoms with E-state index in [-0.39, 0.29) is 52.7 Å². The number of fused-ring (bicyclic) bond motifs is 5. The van der Waals surface area contributed by atoms with Crippen LogP contribution < -0.4 is 19.7 Å². The number of hydrogen-bond acceptors (Lipinski definition) is 9. The minimum absolute atomic E-state index is 0.0988. The standard InChI is InChI=1S/C53H59FN4O7/c1-32-24-41-49(40-29-58(51(62)47(32)40)43-12-13-46(60)55-50(43)61)64-31-52(41)16-20-56(21-17-52)28-33-14-15-53(65-30-33)18-22-57(23-19-53)44-27-45(63-2)39(26-42(44)54)48-37(34-6-4-3-5-7-34)10-8-35-25-36(59)9-11-38(35)48/h3-7,9,11,24-27,33,37,43,48,59H,8,10,12-23,28-31H2,1-2H3,(H,55,60,61)/t33-,37+,43-,48-/m0/s1. The van der Waals surface area contributed by atoms with E-state index in [1.165, 1.54) is 11.1 Å². The van der Waals surface area contributed by atoms with Crippen LogP contribution in [0.5, 0.6) is 17.2 Å². The Hall–Kier alpha value is -5.46. The van der Waals surface area contributed by atoms with Gasteiger partial charge in [-0.1, -0.05) is 42.5 Å². The molecule has 0 unspecified atom stereocenters. The van der Waals surface area contributed by atoms with Gasteiger partial charge in [0.2, 0.25) is 11.8 Å². The topological polar surface area (TPSA) is 121 Å². The number of aromatic hydroxyl groups is 1. The third-order valence-corrected chi connectivity index (χ3v) is 16.5. The van der Waals surface area contributed by atoms with Crippen molar-refractivity contribution in [2.75, 3.05) is 57.9 Å². The monoisotopic (exact) mass is 882 g/mol. The first-order chi connectivity index (χ1) is 31.5. The number of aryl methyl sites for hydroxylation is 2. The first-order valence-corrected chi connectivity index (χ1v) is 23.8. The number of benzene rings is 4. The average molecular weight is 883 g/mol. The molecule has 4 fully saturated rings. The Morgan fingerprint density at radius 3 is 2.43 bits per heavy atom. The molecular weight excluding hydrogens is 824 g/mol. The van der Waals surface area contributed by atoms with E-state index in [0.717, 1.165) is 111 Å². The Labute approximate surface area is 380 Å². The molecule has 0 aromatic heterocycles. The van der Waals surface area contributed by atoms with Gasteiger partial charge in [-0.05, 0) is 130 Å². The van der Waals surface area contributed by atoms with Gasteiger partial charge in [0.25, 0.3) is 5.91 Å². The van der Waals surface area contributed by atoms with Crippen molar-refractivity contribution < 1.29 is 38.1 Å². The number of methoxy groups -OCH3 is 1. The summed E-state index contributed by atoms with van der Waals surface area (Å²) in [4.78, 5) is 44.6. The van der Waals surface area contributed by atoms with Crippen LogP contribution in [0.1, 0.15) is 119 Å². The molecule has 6 aliphatic heterocycles. The number of carbonyl (C=O) groups is 3. The van der Waals surface area contributed by atoms with Crippen LogP contribution in [0.15, 0.2) is 66.7 Å². The summed E-state index contributed by atoms with van der Waals surface area (Å²) in [6.07, 6.45) is 8.07. The Kier molecular flexibility index (Phi) is 10.7. The number of anilines is 1. The van der Waals surface area contributed by atoms with Gasteiger partial charge in [-0.25, -0.2) is 4.39 Å². The number of rotatable bonds is 7. The number of carbonyl (C=O) groups excluding carboxylic acids is 3. The van der Waals surface area contributed by atoms with Crippen LogP contribution in [0.4, 0.5) is 10.1 Å². The third-order valence-electron chi connectivity index (χ3n) is 16.5. The maximum Gasteiger partial charge on any atom is 0.255 e. The number of piperidine rings is 3. The molecule has 0 bridgehead atoms. The number of hydrogen-bond donors (Lipinski definition) is 2. The molecule has 2 spiro atoms. The van der Waals surface area contributed by atoms with Crippen molar-refractivity contribution in [2.45, 2.75) is 107 Å². The van der Waals surface area contributed by atoms with Crippen molar-refractivity contribution in [2.24, 2.45) is 5.92 Å². The molecule has 340 valence electrons. The molecule has 11 rings (SSSR count). The molecule has 0 radical (unpaired) electrons. The van der Waals surface area contributed by atoms with Crippen LogP contribution in [0.3, 0.4) is 0 Å². The molecule has 4 aromatic rings. The lowest BCUT2D eigenvalue weighted by molar-refractivity contribution is -0.136. The first kappa shape index (κ1) is 42.2. The largest absolute Gasteiger partial charge is 0.508 e. The Balaban J connectivity index is 0.710. The zero-order valence-corrected chi connectivity index (χ0v) is 37.5. The van der Waals surface area contributed by atoms with Crippen molar-refractivity contribution in [3.05, 3.63) is 117 Å². The maximum absolute atomic E-state index is 16.5. The number of likely N-dealkylation sites (tertiary alicyclic amines) is 1. The SMILES string of the molecule is COc1cc(N2CCC3(CC[C@@H](CN4CCC5(CC4)COc4c5cc(C)c5c4CN([C@H]4CCC(=O)NC4=O)C5=O)CO3)CC2)c(F)cc1[C@@H]1c2ccc(O)cc2CC[C@@H]1c1ccccc1. The van der Waals surface area contributed by atoms with Crippen molar-refractivity contribution >= 4 is 23.4 Å². The quantitative estimate of drug-likeness (QED) is 0.180. The fraction of sp³-hybridized carbons (Fsp3) is 0.491. The second kappa shape index (κ2) is 16.5. The van der Waals surface area contributed by atoms with Gasteiger partial charge in [-0.2, -0.15) is 0 Å². The number of phenols is 1.